The Morgan fingerprint density at radius 2 is 1.87 bits per heavy atom. The van der Waals surface area contributed by atoms with E-state index in [2.05, 4.69) is 12.2 Å². The molecule has 120 valence electrons. The van der Waals surface area contributed by atoms with Gasteiger partial charge in [0.15, 0.2) is 0 Å². The first-order chi connectivity index (χ1) is 11.3. The highest BCUT2D eigenvalue weighted by atomic mass is 16.6. The Morgan fingerprint density at radius 1 is 1.04 bits per heavy atom. The summed E-state index contributed by atoms with van der Waals surface area (Å²) in [6.07, 6.45) is 4.08. The molecule has 0 saturated heterocycles. The largest absolute Gasteiger partial charge is 0.456 e. The highest BCUT2D eigenvalue weighted by Gasteiger charge is 2.09. The van der Waals surface area contributed by atoms with Gasteiger partial charge in [-0.05, 0) is 30.7 Å². The number of para-hydroxylation sites is 1. The van der Waals surface area contributed by atoms with Gasteiger partial charge in [0, 0.05) is 17.3 Å². The van der Waals surface area contributed by atoms with Gasteiger partial charge in [-0.1, -0.05) is 44.4 Å². The topological polar surface area (TPSA) is 51.5 Å². The van der Waals surface area contributed by atoms with Crippen LogP contribution in [0.2, 0.25) is 0 Å². The van der Waals surface area contributed by atoms with Crippen molar-refractivity contribution in [2.45, 2.75) is 32.6 Å². The van der Waals surface area contributed by atoms with Gasteiger partial charge in [-0.25, -0.2) is 4.79 Å². The molecule has 0 aliphatic rings. The molecule has 4 nitrogen and oxygen atoms in total. The van der Waals surface area contributed by atoms with E-state index in [9.17, 15) is 4.79 Å². The van der Waals surface area contributed by atoms with E-state index in [4.69, 9.17) is 9.15 Å². The minimum Gasteiger partial charge on any atom is -0.456 e. The summed E-state index contributed by atoms with van der Waals surface area (Å²) < 4.78 is 11.1. The molecule has 1 amide bonds. The maximum absolute atomic E-state index is 11.8. The van der Waals surface area contributed by atoms with Gasteiger partial charge in [0.2, 0.25) is 0 Å². The lowest BCUT2D eigenvalue weighted by molar-refractivity contribution is 0.200. The van der Waals surface area contributed by atoms with Gasteiger partial charge in [-0.2, -0.15) is 0 Å². The Hall–Kier alpha value is -2.49. The van der Waals surface area contributed by atoms with E-state index in [0.717, 1.165) is 34.8 Å². The first-order valence-electron chi connectivity index (χ1n) is 8.15. The lowest BCUT2D eigenvalue weighted by atomic mass is 10.1. The third-order valence-electron chi connectivity index (χ3n) is 3.86. The number of ether oxygens (including phenoxy) is 1. The number of carbonyl (C=O) groups excluding carboxylic acids is 1. The second kappa shape index (κ2) is 7.18. The molecular weight excluding hydrogens is 290 g/mol. The summed E-state index contributed by atoms with van der Waals surface area (Å²) in [5, 5.41) is 4.76. The van der Waals surface area contributed by atoms with Gasteiger partial charge in [0.05, 0.1) is 0 Å². The standard InChI is InChI=1S/C19H21NO3/c1-2-3-4-7-12-20-19(21)22-14-10-11-18-16(13-14)15-8-5-6-9-17(15)23-18/h5-6,8-11,13H,2-4,7,12H2,1H3,(H,20,21). The molecule has 0 spiro atoms. The van der Waals surface area contributed by atoms with Crippen LogP contribution < -0.4 is 10.1 Å². The zero-order chi connectivity index (χ0) is 16.1. The molecule has 23 heavy (non-hydrogen) atoms. The number of amides is 1. The number of hydrogen-bond donors (Lipinski definition) is 1. The highest BCUT2D eigenvalue weighted by Crippen LogP contribution is 2.31. The number of fused-ring (bicyclic) bond motifs is 3. The third kappa shape index (κ3) is 3.65. The molecule has 0 saturated carbocycles. The molecule has 0 bridgehead atoms. The normalized spacial score (nSPS) is 11.0. The van der Waals surface area contributed by atoms with Crippen LogP contribution in [0.5, 0.6) is 5.75 Å². The van der Waals surface area contributed by atoms with Crippen LogP contribution in [0, 0.1) is 0 Å². The van der Waals surface area contributed by atoms with Gasteiger partial charge in [0.1, 0.15) is 16.9 Å². The number of unbranched alkanes of at least 4 members (excludes halogenated alkanes) is 3. The van der Waals surface area contributed by atoms with Gasteiger partial charge in [0.25, 0.3) is 0 Å². The van der Waals surface area contributed by atoms with E-state index in [1.165, 1.54) is 12.8 Å². The van der Waals surface area contributed by atoms with E-state index >= 15 is 0 Å². The fourth-order valence-electron chi connectivity index (χ4n) is 2.65. The first kappa shape index (κ1) is 15.4. The lowest BCUT2D eigenvalue weighted by Crippen LogP contribution is -2.27. The second-order valence-corrected chi connectivity index (χ2v) is 5.63. The third-order valence-corrected chi connectivity index (χ3v) is 3.86. The van der Waals surface area contributed by atoms with Crippen LogP contribution in [0.25, 0.3) is 21.9 Å². The second-order valence-electron chi connectivity index (χ2n) is 5.63. The zero-order valence-corrected chi connectivity index (χ0v) is 13.3. The van der Waals surface area contributed by atoms with Crippen molar-refractivity contribution in [1.82, 2.24) is 5.32 Å². The first-order valence-corrected chi connectivity index (χ1v) is 8.15. The molecule has 4 heteroatoms. The molecule has 0 unspecified atom stereocenters. The summed E-state index contributed by atoms with van der Waals surface area (Å²) in [6, 6.07) is 13.3. The predicted molar refractivity (Wildman–Crippen MR) is 91.9 cm³/mol. The molecule has 3 rings (SSSR count). The van der Waals surface area contributed by atoms with Crippen LogP contribution in [-0.4, -0.2) is 12.6 Å². The zero-order valence-electron chi connectivity index (χ0n) is 13.3. The van der Waals surface area contributed by atoms with Crippen molar-refractivity contribution in [3.63, 3.8) is 0 Å². The Balaban J connectivity index is 1.66. The quantitative estimate of drug-likeness (QED) is 0.632. The molecule has 3 aromatic rings. The minimum absolute atomic E-state index is 0.409. The SMILES string of the molecule is CCCCCCNC(=O)Oc1ccc2oc3ccccc3c2c1. The fourth-order valence-corrected chi connectivity index (χ4v) is 2.65. The van der Waals surface area contributed by atoms with Crippen molar-refractivity contribution in [3.05, 3.63) is 42.5 Å². The van der Waals surface area contributed by atoms with Crippen LogP contribution in [0.15, 0.2) is 46.9 Å². The summed E-state index contributed by atoms with van der Waals surface area (Å²) in [4.78, 5) is 11.8. The Labute approximate surface area is 135 Å². The van der Waals surface area contributed by atoms with Crippen molar-refractivity contribution in [2.75, 3.05) is 6.54 Å². The molecule has 0 aliphatic heterocycles. The number of rotatable bonds is 6. The van der Waals surface area contributed by atoms with Crippen LogP contribution in [0.1, 0.15) is 32.6 Å². The van der Waals surface area contributed by atoms with Crippen molar-refractivity contribution < 1.29 is 13.9 Å². The smallest absolute Gasteiger partial charge is 0.412 e. The molecule has 1 N–H and O–H groups in total. The monoisotopic (exact) mass is 311 g/mol. The predicted octanol–water partition coefficient (Wildman–Crippen LogP) is 5.25. The Kier molecular flexibility index (Phi) is 4.81. The Bertz CT molecular complexity index is 807. The molecule has 0 atom stereocenters. The van der Waals surface area contributed by atoms with Gasteiger partial charge in [-0.3, -0.25) is 0 Å². The minimum atomic E-state index is -0.409. The number of nitrogens with one attached hydrogen (secondary N) is 1. The van der Waals surface area contributed by atoms with Crippen LogP contribution >= 0.6 is 0 Å². The van der Waals surface area contributed by atoms with E-state index in [1.807, 2.05) is 36.4 Å². The van der Waals surface area contributed by atoms with E-state index in [1.54, 1.807) is 6.07 Å². The van der Waals surface area contributed by atoms with E-state index in [-0.39, 0.29) is 0 Å². The summed E-state index contributed by atoms with van der Waals surface area (Å²) in [5.74, 6) is 0.523. The lowest BCUT2D eigenvalue weighted by Gasteiger charge is -2.06. The average molecular weight is 311 g/mol. The van der Waals surface area contributed by atoms with Gasteiger partial charge >= 0.3 is 6.09 Å². The van der Waals surface area contributed by atoms with Gasteiger partial charge in [-0.15, -0.1) is 0 Å². The molecule has 2 aromatic carbocycles. The van der Waals surface area contributed by atoms with Crippen LogP contribution in [-0.2, 0) is 0 Å². The summed E-state index contributed by atoms with van der Waals surface area (Å²) in [7, 11) is 0. The molecule has 1 heterocycles. The number of furan rings is 1. The Morgan fingerprint density at radius 3 is 2.74 bits per heavy atom. The van der Waals surface area contributed by atoms with E-state index in [0.29, 0.717) is 12.3 Å². The summed E-state index contributed by atoms with van der Waals surface area (Å²) in [5.41, 5.74) is 1.62. The molecule has 0 aliphatic carbocycles. The number of benzene rings is 2. The van der Waals surface area contributed by atoms with Gasteiger partial charge < -0.3 is 14.5 Å². The summed E-state index contributed by atoms with van der Waals surface area (Å²) in [6.45, 7) is 2.81. The van der Waals surface area contributed by atoms with E-state index < -0.39 is 6.09 Å². The number of carbonyl (C=O) groups is 1. The maximum atomic E-state index is 11.8. The fraction of sp³-hybridized carbons (Fsp3) is 0.316. The van der Waals surface area contributed by atoms with Crippen molar-refractivity contribution in [3.8, 4) is 5.75 Å². The molecule has 0 fully saturated rings. The molecule has 1 aromatic heterocycles. The van der Waals surface area contributed by atoms with Crippen molar-refractivity contribution in [2.24, 2.45) is 0 Å². The number of hydrogen-bond acceptors (Lipinski definition) is 3. The van der Waals surface area contributed by atoms with Crippen molar-refractivity contribution >= 4 is 28.0 Å². The average Bonchev–Trinajstić information content (AvgIpc) is 2.93. The molecule has 0 radical (unpaired) electrons. The van der Waals surface area contributed by atoms with Crippen LogP contribution in [0.3, 0.4) is 0 Å². The van der Waals surface area contributed by atoms with Crippen molar-refractivity contribution in [1.29, 1.82) is 0 Å². The highest BCUT2D eigenvalue weighted by molar-refractivity contribution is 6.05. The molecular formula is C19H21NO3. The van der Waals surface area contributed by atoms with Crippen LogP contribution in [0.4, 0.5) is 4.79 Å². The maximum Gasteiger partial charge on any atom is 0.412 e. The summed E-state index contributed by atoms with van der Waals surface area (Å²) >= 11 is 0.